The largest absolute Gasteiger partial charge is 0.465 e. The van der Waals surface area contributed by atoms with Crippen molar-refractivity contribution in [3.05, 3.63) is 45.5 Å². The molecule has 0 aliphatic rings. The van der Waals surface area contributed by atoms with E-state index >= 15 is 0 Å². The molecule has 2 N–H and O–H groups in total. The van der Waals surface area contributed by atoms with E-state index in [1.807, 2.05) is 18.3 Å². The van der Waals surface area contributed by atoms with Gasteiger partial charge in [-0.3, -0.25) is 4.90 Å². The fourth-order valence-electron chi connectivity index (χ4n) is 2.15. The Morgan fingerprint density at radius 2 is 2.26 bits per heavy atom. The summed E-state index contributed by atoms with van der Waals surface area (Å²) in [5.74, 6) is 1.85. The Morgan fingerprint density at radius 3 is 2.84 bits per heavy atom. The minimum absolute atomic E-state index is 0.468. The zero-order valence-corrected chi connectivity index (χ0v) is 12.7. The highest BCUT2D eigenvalue weighted by molar-refractivity contribution is 7.09. The molecule has 2 rings (SSSR count). The average molecular weight is 278 g/mol. The van der Waals surface area contributed by atoms with E-state index in [1.165, 1.54) is 10.4 Å². The summed E-state index contributed by atoms with van der Waals surface area (Å²) in [6.07, 6.45) is 1.09. The van der Waals surface area contributed by atoms with Crippen molar-refractivity contribution < 1.29 is 4.42 Å². The maximum Gasteiger partial charge on any atom is 0.118 e. The third kappa shape index (κ3) is 3.69. The summed E-state index contributed by atoms with van der Waals surface area (Å²) in [7, 11) is 2.16. The van der Waals surface area contributed by atoms with Gasteiger partial charge in [0.05, 0.1) is 6.54 Å². The molecule has 2 aromatic rings. The summed E-state index contributed by atoms with van der Waals surface area (Å²) in [6, 6.07) is 6.89. The van der Waals surface area contributed by atoms with Crippen LogP contribution < -0.4 is 5.73 Å². The second-order valence-corrected chi connectivity index (χ2v) is 6.08. The average Bonchev–Trinajstić information content (AvgIpc) is 3.00. The van der Waals surface area contributed by atoms with E-state index in [-0.39, 0.29) is 0 Å². The quantitative estimate of drug-likeness (QED) is 0.882. The van der Waals surface area contributed by atoms with Gasteiger partial charge in [0.15, 0.2) is 0 Å². The number of aryl methyl sites for hydroxylation is 1. The lowest BCUT2D eigenvalue weighted by atomic mass is 10.1. The van der Waals surface area contributed by atoms with Crippen LogP contribution in [0.25, 0.3) is 0 Å². The summed E-state index contributed by atoms with van der Waals surface area (Å²) in [5, 5.41) is 2.13. The number of likely N-dealkylation sites (N-methyl/N-ethyl adjacent to an activating group) is 1. The standard InChI is InChI=1S/C15H22N2OS/c1-11(7-15-5-4-6-19-15)17(3)10-13-8-14(9-16)18-12(13)2/h4-6,8,11H,7,9-10,16H2,1-3H3. The molecular formula is C15H22N2OS. The fraction of sp³-hybridized carbons (Fsp3) is 0.467. The summed E-state index contributed by atoms with van der Waals surface area (Å²) in [6.45, 7) is 5.64. The van der Waals surface area contributed by atoms with Crippen LogP contribution in [0.3, 0.4) is 0 Å². The lowest BCUT2D eigenvalue weighted by Crippen LogP contribution is -2.30. The Bertz CT molecular complexity index is 504. The van der Waals surface area contributed by atoms with Crippen molar-refractivity contribution in [2.24, 2.45) is 5.73 Å². The number of hydrogen-bond donors (Lipinski definition) is 1. The van der Waals surface area contributed by atoms with Gasteiger partial charge in [-0.15, -0.1) is 11.3 Å². The van der Waals surface area contributed by atoms with Crippen LogP contribution in [0.15, 0.2) is 28.0 Å². The molecular weight excluding hydrogens is 256 g/mol. The molecule has 0 fully saturated rings. The van der Waals surface area contributed by atoms with Crippen molar-refractivity contribution in [2.75, 3.05) is 7.05 Å². The SMILES string of the molecule is Cc1oc(CN)cc1CN(C)C(C)Cc1cccs1. The van der Waals surface area contributed by atoms with Gasteiger partial charge < -0.3 is 10.2 Å². The van der Waals surface area contributed by atoms with Crippen LogP contribution in [0.4, 0.5) is 0 Å². The zero-order chi connectivity index (χ0) is 13.8. The number of rotatable bonds is 6. The third-order valence-electron chi connectivity index (χ3n) is 3.52. The molecule has 0 saturated heterocycles. The van der Waals surface area contributed by atoms with Gasteiger partial charge in [0, 0.05) is 23.0 Å². The number of thiophene rings is 1. The molecule has 0 aromatic carbocycles. The molecule has 0 aliphatic heterocycles. The van der Waals surface area contributed by atoms with Crippen molar-refractivity contribution in [1.29, 1.82) is 0 Å². The normalized spacial score (nSPS) is 13.1. The van der Waals surface area contributed by atoms with E-state index in [4.69, 9.17) is 10.2 Å². The van der Waals surface area contributed by atoms with Gasteiger partial charge in [-0.25, -0.2) is 0 Å². The van der Waals surface area contributed by atoms with Crippen molar-refractivity contribution >= 4 is 11.3 Å². The summed E-state index contributed by atoms with van der Waals surface area (Å²) in [4.78, 5) is 3.80. The Balaban J connectivity index is 1.95. The first-order valence-electron chi connectivity index (χ1n) is 6.61. The monoisotopic (exact) mass is 278 g/mol. The maximum absolute atomic E-state index is 5.61. The first kappa shape index (κ1) is 14.3. The van der Waals surface area contributed by atoms with Crippen LogP contribution in [-0.4, -0.2) is 18.0 Å². The first-order valence-corrected chi connectivity index (χ1v) is 7.49. The van der Waals surface area contributed by atoms with E-state index in [2.05, 4.69) is 42.5 Å². The van der Waals surface area contributed by atoms with Gasteiger partial charge in [0.25, 0.3) is 0 Å². The van der Waals surface area contributed by atoms with Gasteiger partial charge in [0.2, 0.25) is 0 Å². The van der Waals surface area contributed by atoms with Gasteiger partial charge in [0.1, 0.15) is 11.5 Å². The zero-order valence-electron chi connectivity index (χ0n) is 11.8. The van der Waals surface area contributed by atoms with Gasteiger partial charge in [-0.1, -0.05) is 6.07 Å². The van der Waals surface area contributed by atoms with E-state index in [0.29, 0.717) is 12.6 Å². The van der Waals surface area contributed by atoms with Crippen LogP contribution >= 0.6 is 11.3 Å². The Hall–Kier alpha value is -1.10. The highest BCUT2D eigenvalue weighted by atomic mass is 32.1. The molecule has 0 amide bonds. The summed E-state index contributed by atoms with van der Waals surface area (Å²) >= 11 is 1.82. The number of nitrogens with zero attached hydrogens (tertiary/aromatic N) is 1. The first-order chi connectivity index (χ1) is 9.10. The summed E-state index contributed by atoms with van der Waals surface area (Å²) in [5.41, 5.74) is 6.84. The molecule has 2 aromatic heterocycles. The molecule has 0 radical (unpaired) electrons. The van der Waals surface area contributed by atoms with E-state index in [9.17, 15) is 0 Å². The van der Waals surface area contributed by atoms with Crippen LogP contribution in [0, 0.1) is 6.92 Å². The van der Waals surface area contributed by atoms with Gasteiger partial charge >= 0.3 is 0 Å². The Labute approximate surface area is 119 Å². The van der Waals surface area contributed by atoms with Crippen molar-refractivity contribution in [2.45, 2.75) is 39.4 Å². The molecule has 0 saturated carbocycles. The second-order valence-electron chi connectivity index (χ2n) is 5.05. The van der Waals surface area contributed by atoms with E-state index in [1.54, 1.807) is 0 Å². The molecule has 2 heterocycles. The Morgan fingerprint density at radius 1 is 1.47 bits per heavy atom. The number of nitrogens with two attached hydrogens (primary N) is 1. The summed E-state index contributed by atoms with van der Waals surface area (Å²) < 4.78 is 5.60. The van der Waals surface area contributed by atoms with Crippen LogP contribution in [0.1, 0.15) is 28.9 Å². The predicted molar refractivity (Wildman–Crippen MR) is 80.3 cm³/mol. The molecule has 0 spiro atoms. The molecule has 1 atom stereocenters. The lowest BCUT2D eigenvalue weighted by Gasteiger charge is -2.24. The highest BCUT2D eigenvalue weighted by Crippen LogP contribution is 2.19. The van der Waals surface area contributed by atoms with E-state index in [0.717, 1.165) is 24.5 Å². The van der Waals surface area contributed by atoms with Crippen molar-refractivity contribution in [3.8, 4) is 0 Å². The molecule has 0 aliphatic carbocycles. The lowest BCUT2D eigenvalue weighted by molar-refractivity contribution is 0.247. The van der Waals surface area contributed by atoms with Gasteiger partial charge in [-0.05, 0) is 44.8 Å². The number of furan rings is 1. The van der Waals surface area contributed by atoms with Crippen molar-refractivity contribution in [3.63, 3.8) is 0 Å². The van der Waals surface area contributed by atoms with Crippen LogP contribution in [0.5, 0.6) is 0 Å². The minimum Gasteiger partial charge on any atom is -0.465 e. The number of hydrogen-bond acceptors (Lipinski definition) is 4. The second kappa shape index (κ2) is 6.37. The maximum atomic E-state index is 5.61. The topological polar surface area (TPSA) is 42.4 Å². The minimum atomic E-state index is 0.468. The molecule has 19 heavy (non-hydrogen) atoms. The van der Waals surface area contributed by atoms with Crippen molar-refractivity contribution in [1.82, 2.24) is 4.90 Å². The molecule has 4 heteroatoms. The fourth-order valence-corrected chi connectivity index (χ4v) is 2.97. The molecule has 1 unspecified atom stereocenters. The van der Waals surface area contributed by atoms with Gasteiger partial charge in [-0.2, -0.15) is 0 Å². The predicted octanol–water partition coefficient (Wildman–Crippen LogP) is 3.17. The molecule has 104 valence electrons. The molecule has 3 nitrogen and oxygen atoms in total. The van der Waals surface area contributed by atoms with Crippen LogP contribution in [-0.2, 0) is 19.5 Å². The molecule has 0 bridgehead atoms. The third-order valence-corrected chi connectivity index (χ3v) is 4.42. The van der Waals surface area contributed by atoms with E-state index < -0.39 is 0 Å². The van der Waals surface area contributed by atoms with Crippen LogP contribution in [0.2, 0.25) is 0 Å². The smallest absolute Gasteiger partial charge is 0.118 e. The Kier molecular flexibility index (Phi) is 4.80. The highest BCUT2D eigenvalue weighted by Gasteiger charge is 2.14.